The van der Waals surface area contributed by atoms with E-state index < -0.39 is 7.37 Å². The van der Waals surface area contributed by atoms with Crippen molar-refractivity contribution in [2.45, 2.75) is 39.5 Å². The van der Waals surface area contributed by atoms with Crippen LogP contribution in [0.25, 0.3) is 11.1 Å². The summed E-state index contributed by atoms with van der Waals surface area (Å²) >= 11 is 0. The molecule has 0 spiro atoms. The van der Waals surface area contributed by atoms with E-state index in [9.17, 15) is 4.57 Å². The topological polar surface area (TPSA) is 26.3 Å². The highest BCUT2D eigenvalue weighted by Crippen LogP contribution is 2.55. The molecule has 0 fully saturated rings. The summed E-state index contributed by atoms with van der Waals surface area (Å²) in [6, 6.07) is 15.9. The van der Waals surface area contributed by atoms with Crippen LogP contribution in [0.1, 0.15) is 39.5 Å². The number of fused-ring (bicyclic) bond motifs is 3. The molecule has 3 heteroatoms. The molecule has 3 rings (SSSR count). The maximum absolute atomic E-state index is 13.7. The molecule has 0 aliphatic carbocycles. The lowest BCUT2D eigenvalue weighted by molar-refractivity contribution is 0.470. The first kappa shape index (κ1) is 18.0. The molecule has 0 radical (unpaired) electrons. The number of rotatable bonds is 7. The number of hydrogen-bond donors (Lipinski definition) is 0. The van der Waals surface area contributed by atoms with Crippen LogP contribution >= 0.6 is 7.37 Å². The number of hydrogen-bond acceptors (Lipinski definition) is 2. The van der Waals surface area contributed by atoms with Crippen LogP contribution in [0.2, 0.25) is 0 Å². The maximum Gasteiger partial charge on any atom is 0.277 e. The van der Waals surface area contributed by atoms with Crippen LogP contribution in [0.5, 0.6) is 5.75 Å². The summed E-state index contributed by atoms with van der Waals surface area (Å²) in [5, 5.41) is 0.881. The van der Waals surface area contributed by atoms with Crippen molar-refractivity contribution in [3.05, 3.63) is 60.7 Å². The highest BCUT2D eigenvalue weighted by molar-refractivity contribution is 7.67. The summed E-state index contributed by atoms with van der Waals surface area (Å²) in [6.45, 7) is 4.40. The minimum absolute atomic E-state index is 0.542. The quantitative estimate of drug-likeness (QED) is 0.423. The van der Waals surface area contributed by atoms with E-state index >= 15 is 0 Å². The van der Waals surface area contributed by atoms with Gasteiger partial charge in [-0.1, -0.05) is 62.4 Å². The largest absolute Gasteiger partial charge is 0.439 e. The Balaban J connectivity index is 1.76. The van der Waals surface area contributed by atoms with Gasteiger partial charge in [0.1, 0.15) is 5.75 Å². The molecule has 2 aromatic rings. The summed E-state index contributed by atoms with van der Waals surface area (Å²) in [7, 11) is -2.85. The Bertz CT molecular complexity index is 794. The van der Waals surface area contributed by atoms with Crippen molar-refractivity contribution in [3.8, 4) is 16.9 Å². The first-order valence-corrected chi connectivity index (χ1v) is 11.1. The SMILES string of the molecule is CC/C=C/CCC(C)CCP1(=O)Oc2ccccc2-c2ccccc21. The smallest absolute Gasteiger partial charge is 0.277 e. The summed E-state index contributed by atoms with van der Waals surface area (Å²) in [5.41, 5.74) is 2.11. The van der Waals surface area contributed by atoms with Crippen LogP contribution in [0.4, 0.5) is 0 Å². The van der Waals surface area contributed by atoms with Crippen LogP contribution < -0.4 is 9.83 Å². The van der Waals surface area contributed by atoms with Gasteiger partial charge in [0.05, 0.1) is 5.30 Å². The summed E-state index contributed by atoms with van der Waals surface area (Å²) < 4.78 is 19.7. The predicted octanol–water partition coefficient (Wildman–Crippen LogP) is 6.42. The van der Waals surface area contributed by atoms with Crippen molar-refractivity contribution in [2.75, 3.05) is 6.16 Å². The zero-order valence-corrected chi connectivity index (χ0v) is 16.0. The zero-order chi connectivity index (χ0) is 17.7. The van der Waals surface area contributed by atoms with E-state index in [-0.39, 0.29) is 0 Å². The lowest BCUT2D eigenvalue weighted by atomic mass is 10.0. The molecule has 1 heterocycles. The molecule has 0 N–H and O–H groups in total. The second kappa shape index (κ2) is 8.06. The van der Waals surface area contributed by atoms with Gasteiger partial charge < -0.3 is 4.52 Å². The van der Waals surface area contributed by atoms with Crippen molar-refractivity contribution in [2.24, 2.45) is 5.92 Å². The second-order valence-electron chi connectivity index (χ2n) is 6.85. The number of benzene rings is 2. The monoisotopic (exact) mass is 354 g/mol. The normalized spacial score (nSPS) is 19.9. The van der Waals surface area contributed by atoms with Gasteiger partial charge in [-0.3, -0.25) is 4.57 Å². The minimum atomic E-state index is -2.85. The van der Waals surface area contributed by atoms with Gasteiger partial charge in [-0.2, -0.15) is 0 Å². The average molecular weight is 354 g/mol. The summed E-state index contributed by atoms with van der Waals surface area (Å²) in [4.78, 5) is 0. The molecule has 1 aliphatic heterocycles. The second-order valence-corrected chi connectivity index (χ2v) is 9.31. The van der Waals surface area contributed by atoms with E-state index in [1.54, 1.807) is 0 Å². The van der Waals surface area contributed by atoms with Gasteiger partial charge in [-0.05, 0) is 49.3 Å². The fraction of sp³-hybridized carbons (Fsp3) is 0.364. The number of para-hydroxylation sites is 1. The number of allylic oxidation sites excluding steroid dienone is 2. The Labute approximate surface area is 151 Å². The third kappa shape index (κ3) is 4.07. The maximum atomic E-state index is 13.7. The molecule has 132 valence electrons. The van der Waals surface area contributed by atoms with E-state index in [4.69, 9.17) is 4.52 Å². The predicted molar refractivity (Wildman–Crippen MR) is 107 cm³/mol. The Morgan fingerprint density at radius 3 is 2.52 bits per heavy atom. The lowest BCUT2D eigenvalue weighted by Crippen LogP contribution is -2.20. The molecule has 2 unspecified atom stereocenters. The third-order valence-corrected chi connectivity index (χ3v) is 7.30. The Morgan fingerprint density at radius 2 is 1.72 bits per heavy atom. The van der Waals surface area contributed by atoms with Gasteiger partial charge in [-0.15, -0.1) is 0 Å². The van der Waals surface area contributed by atoms with Crippen LogP contribution in [0.15, 0.2) is 60.7 Å². The van der Waals surface area contributed by atoms with Gasteiger partial charge in [0.2, 0.25) is 0 Å². The first-order valence-electron chi connectivity index (χ1n) is 9.26. The average Bonchev–Trinajstić information content (AvgIpc) is 2.64. The zero-order valence-electron chi connectivity index (χ0n) is 15.2. The van der Waals surface area contributed by atoms with E-state index in [1.807, 2.05) is 42.5 Å². The molecule has 0 saturated heterocycles. The van der Waals surface area contributed by atoms with Gasteiger partial charge in [0, 0.05) is 11.7 Å². The molecule has 0 saturated carbocycles. The minimum Gasteiger partial charge on any atom is -0.439 e. The molecule has 2 atom stereocenters. The first-order chi connectivity index (χ1) is 12.1. The standard InChI is InChI=1S/C22H27O2P/c1-3-4-5-6-11-18(2)16-17-25(23)22-15-10-8-13-20(22)19-12-7-9-14-21(19)24-25/h4-5,7-10,12-15,18H,3,6,11,16-17H2,1-2H3/b5-4+. The van der Waals surface area contributed by atoms with Crippen LogP contribution in [0, 0.1) is 5.92 Å². The summed E-state index contributed by atoms with van der Waals surface area (Å²) in [5.74, 6) is 1.29. The van der Waals surface area contributed by atoms with Gasteiger partial charge >= 0.3 is 0 Å². The third-order valence-electron chi connectivity index (χ3n) is 4.84. The van der Waals surface area contributed by atoms with E-state index in [2.05, 4.69) is 32.1 Å². The van der Waals surface area contributed by atoms with Crippen molar-refractivity contribution in [3.63, 3.8) is 0 Å². The van der Waals surface area contributed by atoms with Gasteiger partial charge in [-0.25, -0.2) is 0 Å². The Morgan fingerprint density at radius 1 is 1.00 bits per heavy atom. The van der Waals surface area contributed by atoms with Gasteiger partial charge in [0.25, 0.3) is 7.37 Å². The van der Waals surface area contributed by atoms with Crippen LogP contribution in [-0.2, 0) is 4.57 Å². The van der Waals surface area contributed by atoms with Crippen molar-refractivity contribution in [1.29, 1.82) is 0 Å². The fourth-order valence-corrected chi connectivity index (χ4v) is 5.90. The van der Waals surface area contributed by atoms with E-state index in [0.717, 1.165) is 47.9 Å². The molecule has 2 nitrogen and oxygen atoms in total. The fourth-order valence-electron chi connectivity index (χ4n) is 3.34. The van der Waals surface area contributed by atoms with E-state index in [1.165, 1.54) is 0 Å². The Hall–Kier alpha value is -1.79. The molecule has 0 bridgehead atoms. The highest BCUT2D eigenvalue weighted by Gasteiger charge is 2.35. The molecule has 0 aromatic heterocycles. The van der Waals surface area contributed by atoms with Gasteiger partial charge in [0.15, 0.2) is 0 Å². The molecular formula is C22H27O2P. The molecule has 0 amide bonds. The van der Waals surface area contributed by atoms with Crippen molar-refractivity contribution < 1.29 is 9.09 Å². The van der Waals surface area contributed by atoms with Crippen LogP contribution in [-0.4, -0.2) is 6.16 Å². The summed E-state index contributed by atoms with van der Waals surface area (Å²) in [6.07, 6.45) is 9.32. The van der Waals surface area contributed by atoms with E-state index in [0.29, 0.717) is 12.1 Å². The van der Waals surface area contributed by atoms with Crippen molar-refractivity contribution >= 4 is 12.7 Å². The molecule has 1 aliphatic rings. The van der Waals surface area contributed by atoms with Crippen molar-refractivity contribution in [1.82, 2.24) is 0 Å². The Kier molecular flexibility index (Phi) is 5.81. The molecule has 2 aromatic carbocycles. The molecular weight excluding hydrogens is 327 g/mol. The lowest BCUT2D eigenvalue weighted by Gasteiger charge is -2.29. The highest BCUT2D eigenvalue weighted by atomic mass is 31.2. The van der Waals surface area contributed by atoms with Crippen LogP contribution in [0.3, 0.4) is 0 Å². The molecule has 25 heavy (non-hydrogen) atoms.